The van der Waals surface area contributed by atoms with Crippen molar-refractivity contribution in [2.24, 2.45) is 0 Å². The van der Waals surface area contributed by atoms with Gasteiger partial charge in [-0.15, -0.1) is 0 Å². The molecule has 0 saturated carbocycles. The SMILES string of the molecule is CC.COC(=O)c1ccc(Oc2ccc(Br)cc2)cc1. The summed E-state index contributed by atoms with van der Waals surface area (Å²) in [7, 11) is 1.36. The minimum Gasteiger partial charge on any atom is -0.465 e. The first-order chi connectivity index (χ1) is 9.69. The molecule has 0 aliphatic carbocycles. The molecule has 0 bridgehead atoms. The highest BCUT2D eigenvalue weighted by Crippen LogP contribution is 2.23. The molecule has 0 radical (unpaired) electrons. The summed E-state index contributed by atoms with van der Waals surface area (Å²) in [6, 6.07) is 14.3. The van der Waals surface area contributed by atoms with E-state index in [4.69, 9.17) is 4.74 Å². The van der Waals surface area contributed by atoms with Gasteiger partial charge in [-0.25, -0.2) is 4.79 Å². The summed E-state index contributed by atoms with van der Waals surface area (Å²) in [5.41, 5.74) is 0.501. The second kappa shape index (κ2) is 8.38. The Morgan fingerprint density at radius 1 is 0.900 bits per heavy atom. The summed E-state index contributed by atoms with van der Waals surface area (Å²) in [5, 5.41) is 0. The number of benzene rings is 2. The predicted octanol–water partition coefficient (Wildman–Crippen LogP) is 5.05. The minimum absolute atomic E-state index is 0.356. The molecule has 0 saturated heterocycles. The molecule has 0 fully saturated rings. The van der Waals surface area contributed by atoms with Crippen molar-refractivity contribution in [3.63, 3.8) is 0 Å². The molecule has 0 aliphatic rings. The van der Waals surface area contributed by atoms with Gasteiger partial charge in [0.15, 0.2) is 0 Å². The van der Waals surface area contributed by atoms with Crippen molar-refractivity contribution < 1.29 is 14.3 Å². The van der Waals surface area contributed by atoms with Crippen molar-refractivity contribution in [3.05, 3.63) is 58.6 Å². The van der Waals surface area contributed by atoms with E-state index in [0.29, 0.717) is 11.3 Å². The van der Waals surface area contributed by atoms with Crippen LogP contribution in [0.5, 0.6) is 11.5 Å². The number of hydrogen-bond donors (Lipinski definition) is 0. The summed E-state index contributed by atoms with van der Waals surface area (Å²) in [6.45, 7) is 4.00. The fourth-order valence-electron chi connectivity index (χ4n) is 1.42. The summed E-state index contributed by atoms with van der Waals surface area (Å²) in [6.07, 6.45) is 0. The maximum atomic E-state index is 11.3. The van der Waals surface area contributed by atoms with Crippen LogP contribution in [0.2, 0.25) is 0 Å². The van der Waals surface area contributed by atoms with Crippen LogP contribution in [0.1, 0.15) is 24.2 Å². The van der Waals surface area contributed by atoms with Crippen LogP contribution in [0.3, 0.4) is 0 Å². The van der Waals surface area contributed by atoms with E-state index in [2.05, 4.69) is 20.7 Å². The molecular formula is C16H17BrO3. The van der Waals surface area contributed by atoms with Crippen LogP contribution in [-0.2, 0) is 4.74 Å². The van der Waals surface area contributed by atoms with Gasteiger partial charge >= 0.3 is 5.97 Å². The molecule has 0 amide bonds. The maximum absolute atomic E-state index is 11.3. The zero-order valence-corrected chi connectivity index (χ0v) is 13.3. The molecule has 0 unspecified atom stereocenters. The first-order valence-corrected chi connectivity index (χ1v) is 7.10. The highest BCUT2D eigenvalue weighted by Gasteiger charge is 2.05. The Labute approximate surface area is 127 Å². The summed E-state index contributed by atoms with van der Waals surface area (Å²) >= 11 is 3.36. The Morgan fingerprint density at radius 3 is 1.80 bits per heavy atom. The molecule has 0 N–H and O–H groups in total. The molecule has 0 heterocycles. The fraction of sp³-hybridized carbons (Fsp3) is 0.188. The zero-order valence-electron chi connectivity index (χ0n) is 11.7. The Bertz CT molecular complexity index is 533. The van der Waals surface area contributed by atoms with E-state index in [1.165, 1.54) is 7.11 Å². The quantitative estimate of drug-likeness (QED) is 0.735. The number of hydrogen-bond acceptors (Lipinski definition) is 3. The van der Waals surface area contributed by atoms with Gasteiger partial charge < -0.3 is 9.47 Å². The molecular weight excluding hydrogens is 320 g/mol. The molecule has 20 heavy (non-hydrogen) atoms. The number of rotatable bonds is 3. The molecule has 2 aromatic carbocycles. The standard InChI is InChI=1S/C14H11BrO3.C2H6/c1-17-14(16)10-2-6-12(7-3-10)18-13-8-4-11(15)5-9-13;1-2/h2-9H,1H3;1-2H3. The highest BCUT2D eigenvalue weighted by atomic mass is 79.9. The van der Waals surface area contributed by atoms with Gasteiger partial charge in [0.2, 0.25) is 0 Å². The minimum atomic E-state index is -0.356. The highest BCUT2D eigenvalue weighted by molar-refractivity contribution is 9.10. The van der Waals surface area contributed by atoms with Crippen LogP contribution < -0.4 is 4.74 Å². The number of methoxy groups -OCH3 is 1. The fourth-order valence-corrected chi connectivity index (χ4v) is 1.68. The summed E-state index contributed by atoms with van der Waals surface area (Å²) in [4.78, 5) is 11.3. The molecule has 4 heteroatoms. The lowest BCUT2D eigenvalue weighted by molar-refractivity contribution is 0.0600. The van der Waals surface area contributed by atoms with Gasteiger partial charge in [-0.05, 0) is 48.5 Å². The number of halogens is 1. The lowest BCUT2D eigenvalue weighted by atomic mass is 10.2. The molecule has 2 rings (SSSR count). The van der Waals surface area contributed by atoms with Crippen molar-refractivity contribution >= 4 is 21.9 Å². The van der Waals surface area contributed by atoms with E-state index in [-0.39, 0.29) is 5.97 Å². The number of carbonyl (C=O) groups is 1. The Morgan fingerprint density at radius 2 is 1.35 bits per heavy atom. The van der Waals surface area contributed by atoms with E-state index in [0.717, 1.165) is 10.2 Å². The number of carbonyl (C=O) groups excluding carboxylic acids is 1. The molecule has 106 valence electrons. The first kappa shape index (κ1) is 16.2. The lowest BCUT2D eigenvalue weighted by Gasteiger charge is -2.06. The van der Waals surface area contributed by atoms with Crippen molar-refractivity contribution in [3.8, 4) is 11.5 Å². The second-order valence-electron chi connectivity index (χ2n) is 3.57. The zero-order chi connectivity index (χ0) is 15.0. The third-order valence-corrected chi connectivity index (χ3v) is 2.85. The average molecular weight is 337 g/mol. The smallest absolute Gasteiger partial charge is 0.337 e. The number of ether oxygens (including phenoxy) is 2. The van der Waals surface area contributed by atoms with E-state index < -0.39 is 0 Å². The molecule has 0 aliphatic heterocycles. The van der Waals surface area contributed by atoms with Crippen LogP contribution in [-0.4, -0.2) is 13.1 Å². The molecule has 0 aromatic heterocycles. The van der Waals surface area contributed by atoms with Gasteiger partial charge in [0.1, 0.15) is 11.5 Å². The second-order valence-corrected chi connectivity index (χ2v) is 4.49. The number of esters is 1. The third-order valence-electron chi connectivity index (χ3n) is 2.32. The van der Waals surface area contributed by atoms with Gasteiger partial charge in [-0.3, -0.25) is 0 Å². The Balaban J connectivity index is 0.000000956. The third kappa shape index (κ3) is 4.70. The van der Waals surface area contributed by atoms with E-state index >= 15 is 0 Å². The van der Waals surface area contributed by atoms with Crippen LogP contribution in [0.25, 0.3) is 0 Å². The molecule has 2 aromatic rings. The van der Waals surface area contributed by atoms with Gasteiger partial charge in [-0.1, -0.05) is 29.8 Å². The van der Waals surface area contributed by atoms with Crippen LogP contribution >= 0.6 is 15.9 Å². The average Bonchev–Trinajstić information content (AvgIpc) is 2.51. The van der Waals surface area contributed by atoms with Crippen LogP contribution in [0.4, 0.5) is 0 Å². The van der Waals surface area contributed by atoms with Gasteiger partial charge in [0.05, 0.1) is 12.7 Å². The van der Waals surface area contributed by atoms with Crippen LogP contribution in [0, 0.1) is 0 Å². The van der Waals surface area contributed by atoms with E-state index in [9.17, 15) is 4.79 Å². The lowest BCUT2D eigenvalue weighted by Crippen LogP contribution is -2.00. The van der Waals surface area contributed by atoms with Crippen LogP contribution in [0.15, 0.2) is 53.0 Å². The Kier molecular flexibility index (Phi) is 6.81. The first-order valence-electron chi connectivity index (χ1n) is 6.31. The monoisotopic (exact) mass is 336 g/mol. The Hall–Kier alpha value is -1.81. The maximum Gasteiger partial charge on any atom is 0.337 e. The topological polar surface area (TPSA) is 35.5 Å². The van der Waals surface area contributed by atoms with E-state index in [1.54, 1.807) is 24.3 Å². The predicted molar refractivity (Wildman–Crippen MR) is 83.3 cm³/mol. The van der Waals surface area contributed by atoms with Crippen molar-refractivity contribution in [1.29, 1.82) is 0 Å². The molecule has 3 nitrogen and oxygen atoms in total. The van der Waals surface area contributed by atoms with E-state index in [1.807, 2.05) is 38.1 Å². The van der Waals surface area contributed by atoms with Crippen molar-refractivity contribution in [1.82, 2.24) is 0 Å². The normalized spacial score (nSPS) is 9.20. The largest absolute Gasteiger partial charge is 0.465 e. The van der Waals surface area contributed by atoms with Gasteiger partial charge in [0.25, 0.3) is 0 Å². The molecule has 0 atom stereocenters. The summed E-state index contributed by atoms with van der Waals surface area (Å²) in [5.74, 6) is 1.05. The van der Waals surface area contributed by atoms with Crippen molar-refractivity contribution in [2.75, 3.05) is 7.11 Å². The van der Waals surface area contributed by atoms with Gasteiger partial charge in [0, 0.05) is 4.47 Å². The van der Waals surface area contributed by atoms with Gasteiger partial charge in [-0.2, -0.15) is 0 Å². The van der Waals surface area contributed by atoms with Crippen molar-refractivity contribution in [2.45, 2.75) is 13.8 Å². The summed E-state index contributed by atoms with van der Waals surface area (Å²) < 4.78 is 11.2. The molecule has 0 spiro atoms.